The Hall–Kier alpha value is -2.05. The van der Waals surface area contributed by atoms with E-state index in [2.05, 4.69) is 10.4 Å². The van der Waals surface area contributed by atoms with Crippen LogP contribution < -0.4 is 5.32 Å². The average molecular weight is 382 g/mol. The van der Waals surface area contributed by atoms with Gasteiger partial charge in [0.15, 0.2) is 5.54 Å². The van der Waals surface area contributed by atoms with E-state index in [0.29, 0.717) is 15.7 Å². The number of rotatable bonds is 5. The Kier molecular flexibility index (Phi) is 4.51. The van der Waals surface area contributed by atoms with Crippen molar-refractivity contribution in [3.8, 4) is 0 Å². The van der Waals surface area contributed by atoms with Crippen molar-refractivity contribution in [2.45, 2.75) is 31.7 Å². The highest BCUT2D eigenvalue weighted by atomic mass is 35.5. The predicted octanol–water partition coefficient (Wildman–Crippen LogP) is 3.75. The number of carboxylic acid groups (broad SMARTS) is 1. The second-order valence-corrected chi connectivity index (χ2v) is 7.46. The van der Waals surface area contributed by atoms with Gasteiger partial charge in [-0.25, -0.2) is 4.79 Å². The topological polar surface area (TPSA) is 84.2 Å². The van der Waals surface area contributed by atoms with E-state index >= 15 is 0 Å². The first-order chi connectivity index (χ1) is 11.7. The lowest BCUT2D eigenvalue weighted by atomic mass is 10.1. The molecule has 1 aromatic heterocycles. The minimum absolute atomic E-state index is 0.111. The molecule has 2 aromatic rings. The largest absolute Gasteiger partial charge is 0.479 e. The van der Waals surface area contributed by atoms with Crippen LogP contribution in [0.15, 0.2) is 30.6 Å². The normalized spacial score (nSPS) is 19.5. The van der Waals surface area contributed by atoms with Crippen LogP contribution in [0.2, 0.25) is 10.0 Å². The molecule has 2 unspecified atom stereocenters. The molecule has 0 saturated heterocycles. The van der Waals surface area contributed by atoms with E-state index in [9.17, 15) is 14.7 Å². The fourth-order valence-electron chi connectivity index (χ4n) is 2.62. The highest BCUT2D eigenvalue weighted by Crippen LogP contribution is 2.48. The van der Waals surface area contributed by atoms with Crippen LogP contribution in [0.1, 0.15) is 31.7 Å². The molecule has 2 atom stereocenters. The number of aliphatic carboxylic acids is 1. The Labute approximate surface area is 154 Å². The lowest BCUT2D eigenvalue weighted by molar-refractivity contribution is -0.146. The standard InChI is InChI=1S/C17H17Cl2N3O3/c1-17(2,16(24)25)22-8-10(7-20-22)21-15(23)12-6-11(12)9-3-4-13(18)14(19)5-9/h3-5,7-8,11-12H,6H2,1-2H3,(H,21,23)(H,24,25). The van der Waals surface area contributed by atoms with E-state index in [1.54, 1.807) is 12.1 Å². The maximum Gasteiger partial charge on any atom is 0.331 e. The molecular formula is C17H17Cl2N3O3. The molecule has 0 aliphatic heterocycles. The Morgan fingerprint density at radius 1 is 1.32 bits per heavy atom. The van der Waals surface area contributed by atoms with Gasteiger partial charge in [-0.1, -0.05) is 29.3 Å². The zero-order valence-electron chi connectivity index (χ0n) is 13.7. The van der Waals surface area contributed by atoms with Crippen LogP contribution in [0.5, 0.6) is 0 Å². The SMILES string of the molecule is CC(C)(C(=O)O)n1cc(NC(=O)C2CC2c2ccc(Cl)c(Cl)c2)cn1. The van der Waals surface area contributed by atoms with Crippen molar-refractivity contribution in [3.63, 3.8) is 0 Å². The van der Waals surface area contributed by atoms with E-state index in [-0.39, 0.29) is 17.7 Å². The van der Waals surface area contributed by atoms with Gasteiger partial charge in [0.2, 0.25) is 5.91 Å². The Morgan fingerprint density at radius 3 is 2.68 bits per heavy atom. The first-order valence-corrected chi connectivity index (χ1v) is 8.50. The zero-order valence-corrected chi connectivity index (χ0v) is 15.2. The maximum atomic E-state index is 12.4. The summed E-state index contributed by atoms with van der Waals surface area (Å²) in [7, 11) is 0. The number of carbonyl (C=O) groups is 2. The molecule has 1 fully saturated rings. The lowest BCUT2D eigenvalue weighted by Gasteiger charge is -2.19. The highest BCUT2D eigenvalue weighted by Gasteiger charge is 2.44. The van der Waals surface area contributed by atoms with Crippen LogP contribution in [0, 0.1) is 5.92 Å². The number of nitrogens with zero attached hydrogens (tertiary/aromatic N) is 2. The van der Waals surface area contributed by atoms with Crippen molar-refractivity contribution in [1.29, 1.82) is 0 Å². The maximum absolute atomic E-state index is 12.4. The Bertz CT molecular complexity index is 847. The quantitative estimate of drug-likeness (QED) is 0.825. The van der Waals surface area contributed by atoms with E-state index in [0.717, 1.165) is 12.0 Å². The molecular weight excluding hydrogens is 365 g/mol. The van der Waals surface area contributed by atoms with E-state index < -0.39 is 11.5 Å². The minimum atomic E-state index is -1.19. The van der Waals surface area contributed by atoms with Crippen molar-refractivity contribution in [3.05, 3.63) is 46.2 Å². The molecule has 1 aliphatic rings. The van der Waals surface area contributed by atoms with Gasteiger partial charge in [-0.05, 0) is 43.9 Å². The van der Waals surface area contributed by atoms with Crippen molar-refractivity contribution in [2.24, 2.45) is 5.92 Å². The molecule has 1 heterocycles. The molecule has 132 valence electrons. The second-order valence-electron chi connectivity index (χ2n) is 6.65. The summed E-state index contributed by atoms with van der Waals surface area (Å²) in [5.41, 5.74) is 0.266. The summed E-state index contributed by atoms with van der Waals surface area (Å²) >= 11 is 11.9. The number of aromatic nitrogens is 2. The molecule has 25 heavy (non-hydrogen) atoms. The van der Waals surface area contributed by atoms with Crippen LogP contribution in [-0.4, -0.2) is 26.8 Å². The number of hydrogen-bond acceptors (Lipinski definition) is 3. The van der Waals surface area contributed by atoms with Crippen molar-refractivity contribution in [2.75, 3.05) is 5.32 Å². The molecule has 0 bridgehead atoms. The molecule has 6 nitrogen and oxygen atoms in total. The van der Waals surface area contributed by atoms with Gasteiger partial charge < -0.3 is 10.4 Å². The van der Waals surface area contributed by atoms with Gasteiger partial charge in [0, 0.05) is 12.1 Å². The van der Waals surface area contributed by atoms with Gasteiger partial charge in [0.05, 0.1) is 21.9 Å². The summed E-state index contributed by atoms with van der Waals surface area (Å²) in [6.07, 6.45) is 3.69. The van der Waals surface area contributed by atoms with Crippen molar-refractivity contribution < 1.29 is 14.7 Å². The summed E-state index contributed by atoms with van der Waals surface area (Å²) in [4.78, 5) is 23.6. The fraction of sp³-hybridized carbons (Fsp3) is 0.353. The van der Waals surface area contributed by atoms with Gasteiger partial charge in [0.1, 0.15) is 0 Å². The van der Waals surface area contributed by atoms with E-state index in [1.165, 1.54) is 30.9 Å². The number of benzene rings is 1. The van der Waals surface area contributed by atoms with Crippen LogP contribution in [0.25, 0.3) is 0 Å². The van der Waals surface area contributed by atoms with Gasteiger partial charge in [0.25, 0.3) is 0 Å². The van der Waals surface area contributed by atoms with Gasteiger partial charge in [-0.3, -0.25) is 9.48 Å². The number of hydrogen-bond donors (Lipinski definition) is 2. The van der Waals surface area contributed by atoms with E-state index in [4.69, 9.17) is 23.2 Å². The molecule has 1 saturated carbocycles. The summed E-state index contributed by atoms with van der Waals surface area (Å²) in [6, 6.07) is 5.39. The van der Waals surface area contributed by atoms with Gasteiger partial charge >= 0.3 is 5.97 Å². The molecule has 0 spiro atoms. The number of halogens is 2. The molecule has 1 aromatic carbocycles. The van der Waals surface area contributed by atoms with Gasteiger partial charge in [-0.15, -0.1) is 0 Å². The number of carboxylic acids is 1. The van der Waals surface area contributed by atoms with Crippen LogP contribution in [-0.2, 0) is 15.1 Å². The summed E-state index contributed by atoms with van der Waals surface area (Å²) < 4.78 is 1.31. The fourth-order valence-corrected chi connectivity index (χ4v) is 2.93. The van der Waals surface area contributed by atoms with Crippen LogP contribution in [0.4, 0.5) is 5.69 Å². The summed E-state index contributed by atoms with van der Waals surface area (Å²) in [6.45, 7) is 3.07. The number of amides is 1. The Balaban J connectivity index is 1.65. The monoisotopic (exact) mass is 381 g/mol. The number of nitrogens with one attached hydrogen (secondary N) is 1. The van der Waals surface area contributed by atoms with Crippen LogP contribution >= 0.6 is 23.2 Å². The smallest absolute Gasteiger partial charge is 0.331 e. The van der Waals surface area contributed by atoms with E-state index in [1.807, 2.05) is 6.07 Å². The molecule has 1 aliphatic carbocycles. The average Bonchev–Trinajstić information content (AvgIpc) is 3.21. The first kappa shape index (κ1) is 17.8. The van der Waals surface area contributed by atoms with Crippen molar-refractivity contribution >= 4 is 40.8 Å². The highest BCUT2D eigenvalue weighted by molar-refractivity contribution is 6.42. The zero-order chi connectivity index (χ0) is 18.4. The third kappa shape index (κ3) is 3.50. The number of anilines is 1. The first-order valence-electron chi connectivity index (χ1n) is 7.74. The molecule has 1 amide bonds. The minimum Gasteiger partial charge on any atom is -0.479 e. The van der Waals surface area contributed by atoms with Gasteiger partial charge in [-0.2, -0.15) is 5.10 Å². The second kappa shape index (κ2) is 6.35. The lowest BCUT2D eigenvalue weighted by Crippen LogP contribution is -2.35. The molecule has 0 radical (unpaired) electrons. The molecule has 8 heteroatoms. The Morgan fingerprint density at radius 2 is 2.04 bits per heavy atom. The molecule has 3 rings (SSSR count). The third-order valence-electron chi connectivity index (χ3n) is 4.45. The third-order valence-corrected chi connectivity index (χ3v) is 5.18. The van der Waals surface area contributed by atoms with Crippen molar-refractivity contribution in [1.82, 2.24) is 9.78 Å². The summed E-state index contributed by atoms with van der Waals surface area (Å²) in [5, 5.41) is 17.0. The van der Waals surface area contributed by atoms with Crippen LogP contribution in [0.3, 0.4) is 0 Å². The number of carbonyl (C=O) groups excluding carboxylic acids is 1. The predicted molar refractivity (Wildman–Crippen MR) is 95.1 cm³/mol. The summed E-state index contributed by atoms with van der Waals surface area (Å²) in [5.74, 6) is -1.16. The molecule has 2 N–H and O–H groups in total.